The van der Waals surface area contributed by atoms with Gasteiger partial charge in [-0.2, -0.15) is 13.2 Å². The van der Waals surface area contributed by atoms with Crippen LogP contribution in [0.1, 0.15) is 12.0 Å². The summed E-state index contributed by atoms with van der Waals surface area (Å²) >= 11 is 0. The average molecular weight is 303 g/mol. The Morgan fingerprint density at radius 3 is 2.67 bits per heavy atom. The molecule has 0 saturated carbocycles. The minimum atomic E-state index is -4.40. The van der Waals surface area contributed by atoms with Crippen LogP contribution in [0.4, 0.5) is 30.2 Å². The highest BCUT2D eigenvalue weighted by Gasteiger charge is 2.32. The van der Waals surface area contributed by atoms with Crippen molar-refractivity contribution in [1.29, 1.82) is 0 Å². The highest BCUT2D eigenvalue weighted by Crippen LogP contribution is 2.34. The maximum Gasteiger partial charge on any atom is 0.405 e. The molecule has 0 fully saturated rings. The van der Waals surface area contributed by atoms with Gasteiger partial charge in [0.15, 0.2) is 0 Å². The van der Waals surface area contributed by atoms with E-state index in [1.54, 1.807) is 6.07 Å². The van der Waals surface area contributed by atoms with E-state index in [0.29, 0.717) is 12.1 Å². The number of rotatable bonds is 4. The Balaban J connectivity index is 2.34. The van der Waals surface area contributed by atoms with Gasteiger partial charge in [0.05, 0.1) is 18.0 Å². The number of amides is 1. The number of nitrogens with one attached hydrogen (secondary N) is 1. The van der Waals surface area contributed by atoms with Gasteiger partial charge in [-0.3, -0.25) is 4.79 Å². The molecule has 1 amide bonds. The lowest BCUT2D eigenvalue weighted by atomic mass is 10.0. The Kier molecular flexibility index (Phi) is 4.26. The number of nitrogen functional groups attached to an aromatic ring is 1. The third-order valence-electron chi connectivity index (χ3n) is 3.23. The van der Waals surface area contributed by atoms with Gasteiger partial charge in [-0.1, -0.05) is 0 Å². The number of fused-ring (bicyclic) bond motifs is 1. The first kappa shape index (κ1) is 15.4. The minimum Gasteiger partial charge on any atom is -0.397 e. The molecule has 0 bridgehead atoms. The molecule has 0 atom stereocenters. The molecule has 0 unspecified atom stereocenters. The van der Waals surface area contributed by atoms with Crippen molar-refractivity contribution in [2.45, 2.75) is 19.0 Å². The molecular formula is C13H16F3N3O2. The largest absolute Gasteiger partial charge is 0.405 e. The molecule has 1 aromatic rings. The van der Waals surface area contributed by atoms with Gasteiger partial charge in [0.2, 0.25) is 5.91 Å². The smallest absolute Gasteiger partial charge is 0.397 e. The first-order chi connectivity index (χ1) is 9.80. The van der Waals surface area contributed by atoms with E-state index in [1.807, 2.05) is 0 Å². The molecule has 0 spiro atoms. The van der Waals surface area contributed by atoms with E-state index in [4.69, 9.17) is 10.8 Å². The van der Waals surface area contributed by atoms with Crippen LogP contribution in [-0.2, 0) is 11.2 Å². The number of carbonyl (C=O) groups excluding carboxylic acids is 1. The number of alkyl halides is 3. The number of anilines is 3. The van der Waals surface area contributed by atoms with Crippen LogP contribution < -0.4 is 16.0 Å². The van der Waals surface area contributed by atoms with Crippen LogP contribution in [0.3, 0.4) is 0 Å². The van der Waals surface area contributed by atoms with Gasteiger partial charge in [0.25, 0.3) is 0 Å². The lowest BCUT2D eigenvalue weighted by molar-refractivity contribution is -0.120. The summed E-state index contributed by atoms with van der Waals surface area (Å²) < 4.78 is 37.8. The van der Waals surface area contributed by atoms with Gasteiger partial charge in [0.1, 0.15) is 6.54 Å². The van der Waals surface area contributed by atoms with Crippen LogP contribution in [0, 0.1) is 0 Å². The minimum absolute atomic E-state index is 0.133. The molecule has 0 radical (unpaired) electrons. The number of hydrogen-bond donors (Lipinski definition) is 3. The second-order valence-corrected chi connectivity index (χ2v) is 4.88. The summed E-state index contributed by atoms with van der Waals surface area (Å²) in [6.07, 6.45) is -3.66. The lowest BCUT2D eigenvalue weighted by Gasteiger charge is -2.28. The summed E-state index contributed by atoms with van der Waals surface area (Å²) in [5.41, 5.74) is 7.42. The fourth-order valence-corrected chi connectivity index (χ4v) is 2.33. The number of carbonyl (C=O) groups is 1. The van der Waals surface area contributed by atoms with Crippen LogP contribution in [-0.4, -0.2) is 36.9 Å². The Bertz CT molecular complexity index is 546. The molecule has 116 valence electrons. The predicted octanol–water partition coefficient (Wildman–Crippen LogP) is 1.51. The van der Waals surface area contributed by atoms with E-state index in [9.17, 15) is 18.0 Å². The van der Waals surface area contributed by atoms with Gasteiger partial charge in [-0.25, -0.2) is 0 Å². The molecular weight excluding hydrogens is 287 g/mol. The Hall–Kier alpha value is -1.96. The fraction of sp³-hybridized carbons (Fsp3) is 0.462. The van der Waals surface area contributed by atoms with Gasteiger partial charge < -0.3 is 21.1 Å². The summed E-state index contributed by atoms with van der Waals surface area (Å²) in [6, 6.07) is 3.01. The summed E-state index contributed by atoms with van der Waals surface area (Å²) in [7, 11) is 0. The summed E-state index contributed by atoms with van der Waals surface area (Å²) in [4.78, 5) is 12.3. The molecule has 21 heavy (non-hydrogen) atoms. The predicted molar refractivity (Wildman–Crippen MR) is 73.2 cm³/mol. The van der Waals surface area contributed by atoms with Gasteiger partial charge in [-0.15, -0.1) is 0 Å². The Morgan fingerprint density at radius 1 is 1.33 bits per heavy atom. The number of halogens is 3. The highest BCUT2D eigenvalue weighted by atomic mass is 19.4. The van der Waals surface area contributed by atoms with Crippen LogP contribution >= 0.6 is 0 Å². The van der Waals surface area contributed by atoms with Crippen molar-refractivity contribution in [2.24, 2.45) is 0 Å². The number of benzene rings is 1. The van der Waals surface area contributed by atoms with Gasteiger partial charge in [-0.05, 0) is 24.1 Å². The number of aryl methyl sites for hydroxylation is 1. The molecule has 0 aliphatic carbocycles. The first-order valence-corrected chi connectivity index (χ1v) is 6.45. The number of nitrogens with zero attached hydrogens (tertiary/aromatic N) is 1. The molecule has 2 rings (SSSR count). The number of nitrogens with two attached hydrogens (primary N) is 1. The third-order valence-corrected chi connectivity index (χ3v) is 3.23. The number of hydrogen-bond acceptors (Lipinski definition) is 4. The van der Waals surface area contributed by atoms with E-state index in [0.717, 1.165) is 10.5 Å². The monoisotopic (exact) mass is 303 g/mol. The van der Waals surface area contributed by atoms with E-state index < -0.39 is 19.3 Å². The zero-order valence-electron chi connectivity index (χ0n) is 11.2. The van der Waals surface area contributed by atoms with Crippen LogP contribution in [0.15, 0.2) is 12.1 Å². The molecule has 1 aliphatic heterocycles. The average Bonchev–Trinajstić information content (AvgIpc) is 2.35. The van der Waals surface area contributed by atoms with E-state index in [2.05, 4.69) is 5.32 Å². The van der Waals surface area contributed by atoms with Gasteiger partial charge in [0, 0.05) is 18.7 Å². The molecule has 0 saturated heterocycles. The van der Waals surface area contributed by atoms with Gasteiger partial charge >= 0.3 is 6.18 Å². The molecule has 1 aromatic carbocycles. The van der Waals surface area contributed by atoms with Crippen molar-refractivity contribution in [3.05, 3.63) is 17.7 Å². The quantitative estimate of drug-likeness (QED) is 0.737. The summed E-state index contributed by atoms with van der Waals surface area (Å²) in [5, 5.41) is 11.6. The standard InChI is InChI=1S/C13H16F3N3O2/c14-13(15,16)7-19(3-4-20)11-5-8-1-2-12(21)18-10(8)6-9(11)17/h5-6,20H,1-4,7,17H2,(H,18,21). The van der Waals surface area contributed by atoms with E-state index in [-0.39, 0.29) is 30.2 Å². The second-order valence-electron chi connectivity index (χ2n) is 4.88. The normalized spacial score (nSPS) is 14.6. The molecule has 4 N–H and O–H groups in total. The van der Waals surface area contributed by atoms with Crippen molar-refractivity contribution in [1.82, 2.24) is 0 Å². The maximum absolute atomic E-state index is 12.6. The number of aliphatic hydroxyl groups is 1. The third kappa shape index (κ3) is 3.78. The van der Waals surface area contributed by atoms with Crippen molar-refractivity contribution < 1.29 is 23.1 Å². The second kappa shape index (κ2) is 5.80. The summed E-state index contributed by atoms with van der Waals surface area (Å²) in [6.45, 7) is -1.78. The molecule has 1 heterocycles. The molecule has 0 aromatic heterocycles. The fourth-order valence-electron chi connectivity index (χ4n) is 2.33. The van der Waals surface area contributed by atoms with Crippen LogP contribution in [0.5, 0.6) is 0 Å². The number of aliphatic hydroxyl groups excluding tert-OH is 1. The maximum atomic E-state index is 12.6. The highest BCUT2D eigenvalue weighted by molar-refractivity contribution is 5.95. The lowest BCUT2D eigenvalue weighted by Crippen LogP contribution is -2.37. The Morgan fingerprint density at radius 2 is 2.05 bits per heavy atom. The summed E-state index contributed by atoms with van der Waals surface area (Å²) in [5.74, 6) is -0.142. The molecule has 5 nitrogen and oxygen atoms in total. The zero-order chi connectivity index (χ0) is 15.6. The van der Waals surface area contributed by atoms with Crippen molar-refractivity contribution in [3.8, 4) is 0 Å². The van der Waals surface area contributed by atoms with Crippen molar-refractivity contribution >= 4 is 23.0 Å². The van der Waals surface area contributed by atoms with E-state index >= 15 is 0 Å². The van der Waals surface area contributed by atoms with E-state index in [1.165, 1.54) is 6.07 Å². The SMILES string of the molecule is Nc1cc2c(cc1N(CCO)CC(F)(F)F)CCC(=O)N2. The topological polar surface area (TPSA) is 78.6 Å². The zero-order valence-corrected chi connectivity index (χ0v) is 11.2. The van der Waals surface area contributed by atoms with Crippen LogP contribution in [0.25, 0.3) is 0 Å². The molecule has 8 heteroatoms. The Labute approximate surface area is 119 Å². The van der Waals surface area contributed by atoms with Crippen molar-refractivity contribution in [2.75, 3.05) is 35.6 Å². The van der Waals surface area contributed by atoms with Crippen molar-refractivity contribution in [3.63, 3.8) is 0 Å². The molecule has 1 aliphatic rings. The van der Waals surface area contributed by atoms with Crippen LogP contribution in [0.2, 0.25) is 0 Å². The first-order valence-electron chi connectivity index (χ1n) is 6.45.